The summed E-state index contributed by atoms with van der Waals surface area (Å²) < 4.78 is 28.5. The van der Waals surface area contributed by atoms with Crippen molar-refractivity contribution in [2.75, 3.05) is 13.2 Å². The molecule has 1 fully saturated rings. The van der Waals surface area contributed by atoms with Gasteiger partial charge in [-0.25, -0.2) is 4.79 Å². The molecule has 1 aliphatic heterocycles. The lowest BCUT2D eigenvalue weighted by Crippen LogP contribution is -2.61. The average Bonchev–Trinajstić information content (AvgIpc) is 3.39. The number of carboxylic acid groups (broad SMARTS) is 1. The summed E-state index contributed by atoms with van der Waals surface area (Å²) in [5, 5.41) is 31.5. The van der Waals surface area contributed by atoms with Gasteiger partial charge in [0.25, 0.3) is 0 Å². The summed E-state index contributed by atoms with van der Waals surface area (Å²) in [6, 6.07) is 0. The van der Waals surface area contributed by atoms with Crippen LogP contribution in [0.4, 0.5) is 0 Å². The molecule has 0 bridgehead atoms. The number of esters is 3. The first-order valence-electron chi connectivity index (χ1n) is 31.7. The molecule has 0 aromatic carbocycles. The topological polar surface area (TPSA) is 175 Å². The minimum atomic E-state index is -1.90. The Kier molecular flexibility index (Phi) is 49.0. The van der Waals surface area contributed by atoms with E-state index in [0.717, 1.165) is 57.8 Å². The molecule has 0 radical (unpaired) electrons. The van der Waals surface area contributed by atoms with Gasteiger partial charge >= 0.3 is 23.9 Å². The van der Waals surface area contributed by atoms with Crippen molar-refractivity contribution in [2.45, 2.75) is 353 Å². The molecule has 1 aliphatic rings. The zero-order chi connectivity index (χ0) is 54.7. The molecule has 12 heteroatoms. The molecule has 0 aromatic heterocycles. The van der Waals surface area contributed by atoms with Gasteiger partial charge in [0.15, 0.2) is 24.6 Å². The first kappa shape index (κ1) is 70.5. The summed E-state index contributed by atoms with van der Waals surface area (Å²) in [7, 11) is 0. The average molecular weight is 1070 g/mol. The number of unbranched alkanes of at least 4 members (excludes halogenated alkanes) is 39. The maximum atomic E-state index is 13.1. The van der Waals surface area contributed by atoms with Crippen LogP contribution in [0, 0.1) is 0 Å². The van der Waals surface area contributed by atoms with E-state index in [-0.39, 0.29) is 25.9 Å². The van der Waals surface area contributed by atoms with Gasteiger partial charge in [0.2, 0.25) is 0 Å². The summed E-state index contributed by atoms with van der Waals surface area (Å²) in [6.45, 7) is 6.02. The van der Waals surface area contributed by atoms with Gasteiger partial charge in [-0.1, -0.05) is 264 Å². The van der Waals surface area contributed by atoms with Crippen molar-refractivity contribution in [1.29, 1.82) is 0 Å². The van der Waals surface area contributed by atoms with Crippen LogP contribution >= 0.6 is 0 Å². The maximum Gasteiger partial charge on any atom is 0.335 e. The number of allylic oxidation sites excluding steroid dienone is 2. The number of hydrogen-bond acceptors (Lipinski definition) is 11. The summed E-state index contributed by atoms with van der Waals surface area (Å²) in [6.07, 6.45) is 46.1. The summed E-state index contributed by atoms with van der Waals surface area (Å²) in [4.78, 5) is 51.2. The van der Waals surface area contributed by atoms with Crippen molar-refractivity contribution in [3.8, 4) is 0 Å². The Morgan fingerprint density at radius 2 is 0.760 bits per heavy atom. The second-order valence-electron chi connectivity index (χ2n) is 22.1. The minimum Gasteiger partial charge on any atom is -0.479 e. The third-order valence-electron chi connectivity index (χ3n) is 14.8. The number of rotatable bonds is 55. The van der Waals surface area contributed by atoms with E-state index in [4.69, 9.17) is 23.7 Å². The third-order valence-corrected chi connectivity index (χ3v) is 14.8. The van der Waals surface area contributed by atoms with Crippen molar-refractivity contribution in [3.05, 3.63) is 12.2 Å². The number of aliphatic carboxylic acids is 1. The molecular weight excluding hydrogens is 949 g/mol. The summed E-state index contributed by atoms with van der Waals surface area (Å²) in [5.41, 5.74) is 0. The minimum absolute atomic E-state index is 0.0690. The molecule has 12 nitrogen and oxygen atoms in total. The van der Waals surface area contributed by atoms with Crippen molar-refractivity contribution < 1.29 is 58.2 Å². The van der Waals surface area contributed by atoms with E-state index < -0.39 is 67.3 Å². The van der Waals surface area contributed by atoms with E-state index in [2.05, 4.69) is 32.9 Å². The Morgan fingerprint density at radius 1 is 0.427 bits per heavy atom. The normalized spacial score (nSPS) is 18.1. The number of carbonyl (C=O) groups is 4. The van der Waals surface area contributed by atoms with Crippen LogP contribution in [0.25, 0.3) is 0 Å². The molecule has 440 valence electrons. The van der Waals surface area contributed by atoms with E-state index in [1.807, 2.05) is 0 Å². The Morgan fingerprint density at radius 3 is 1.13 bits per heavy atom. The van der Waals surface area contributed by atoms with E-state index in [9.17, 15) is 34.5 Å². The third kappa shape index (κ3) is 42.1. The van der Waals surface area contributed by atoms with Gasteiger partial charge < -0.3 is 39.0 Å². The van der Waals surface area contributed by atoms with Crippen LogP contribution in [0.3, 0.4) is 0 Å². The van der Waals surface area contributed by atoms with Crippen molar-refractivity contribution >= 4 is 23.9 Å². The quantitative estimate of drug-likeness (QED) is 0.0228. The van der Waals surface area contributed by atoms with Crippen molar-refractivity contribution in [1.82, 2.24) is 0 Å². The Balaban J connectivity index is 2.61. The van der Waals surface area contributed by atoms with Gasteiger partial charge in [-0.15, -0.1) is 0 Å². The van der Waals surface area contributed by atoms with Gasteiger partial charge in [-0.2, -0.15) is 0 Å². The number of aliphatic hydroxyl groups is 2. The molecule has 0 saturated carbocycles. The van der Waals surface area contributed by atoms with E-state index in [1.165, 1.54) is 199 Å². The number of aliphatic hydroxyl groups excluding tert-OH is 2. The zero-order valence-corrected chi connectivity index (χ0v) is 48.6. The van der Waals surface area contributed by atoms with Crippen LogP contribution < -0.4 is 0 Å². The van der Waals surface area contributed by atoms with Crippen molar-refractivity contribution in [3.63, 3.8) is 0 Å². The summed E-state index contributed by atoms with van der Waals surface area (Å²) in [5.74, 6) is -3.08. The molecule has 0 aliphatic carbocycles. The number of hydrogen-bond donors (Lipinski definition) is 3. The second kappa shape index (κ2) is 52.2. The van der Waals surface area contributed by atoms with Gasteiger partial charge in [0.1, 0.15) is 18.8 Å². The number of carboxylic acids is 1. The predicted octanol–water partition coefficient (Wildman–Crippen LogP) is 16.5. The highest BCUT2D eigenvalue weighted by Crippen LogP contribution is 2.27. The second-order valence-corrected chi connectivity index (χ2v) is 22.1. The Labute approximate surface area is 458 Å². The van der Waals surface area contributed by atoms with E-state index >= 15 is 0 Å². The van der Waals surface area contributed by atoms with Crippen LogP contribution in [0.15, 0.2) is 12.2 Å². The first-order chi connectivity index (χ1) is 36.6. The molecule has 0 spiro atoms. The lowest BCUT2D eigenvalue weighted by Gasteiger charge is -2.40. The predicted molar refractivity (Wildman–Crippen MR) is 304 cm³/mol. The fourth-order valence-corrected chi connectivity index (χ4v) is 9.95. The lowest BCUT2D eigenvalue weighted by atomic mass is 9.98. The van der Waals surface area contributed by atoms with Gasteiger partial charge in [0, 0.05) is 19.3 Å². The standard InChI is InChI=1S/C63H116O12/c1-4-7-10-13-16-19-22-24-26-27-28-29-31-32-35-37-40-43-46-49-55(64)71-52-54(73-56(65)50-47-44-41-38-34-21-18-15-12-9-6-3)53-72-63-61(59(68)58(67)60(75-63)62(69)70)74-57(66)51-48-45-42-39-36-33-30-25-23-20-17-14-11-8-5-2/h24,26,54,58-61,63,67-68H,4-23,25,27-53H2,1-3H3,(H,69,70)/b26-24-. The smallest absolute Gasteiger partial charge is 0.335 e. The number of ether oxygens (including phenoxy) is 5. The molecular formula is C63H116O12. The monoisotopic (exact) mass is 1060 g/mol. The molecule has 1 rings (SSSR count). The fraction of sp³-hybridized carbons (Fsp3) is 0.905. The van der Waals surface area contributed by atoms with E-state index in [1.54, 1.807) is 0 Å². The van der Waals surface area contributed by atoms with Crippen LogP contribution in [0.5, 0.6) is 0 Å². The molecule has 1 heterocycles. The maximum absolute atomic E-state index is 13.1. The van der Waals surface area contributed by atoms with Gasteiger partial charge in [-0.05, 0) is 44.9 Å². The van der Waals surface area contributed by atoms with Gasteiger partial charge in [0.05, 0.1) is 6.61 Å². The first-order valence-corrected chi connectivity index (χ1v) is 31.7. The molecule has 6 atom stereocenters. The van der Waals surface area contributed by atoms with Crippen LogP contribution in [-0.4, -0.2) is 89.2 Å². The molecule has 3 N–H and O–H groups in total. The molecule has 1 saturated heterocycles. The lowest BCUT2D eigenvalue weighted by molar-refractivity contribution is -0.301. The van der Waals surface area contributed by atoms with Gasteiger partial charge in [-0.3, -0.25) is 14.4 Å². The molecule has 0 amide bonds. The Bertz CT molecular complexity index is 1360. The molecule has 6 unspecified atom stereocenters. The molecule has 75 heavy (non-hydrogen) atoms. The van der Waals surface area contributed by atoms with Crippen LogP contribution in [0.2, 0.25) is 0 Å². The largest absolute Gasteiger partial charge is 0.479 e. The fourth-order valence-electron chi connectivity index (χ4n) is 9.95. The zero-order valence-electron chi connectivity index (χ0n) is 48.6. The highest BCUT2D eigenvalue weighted by atomic mass is 16.7. The van der Waals surface area contributed by atoms with Crippen LogP contribution in [0.1, 0.15) is 316 Å². The highest BCUT2D eigenvalue weighted by molar-refractivity contribution is 5.74. The highest BCUT2D eigenvalue weighted by Gasteiger charge is 2.50. The molecule has 0 aromatic rings. The SMILES string of the molecule is CCCCCCCC/C=C\CCCCCCCCCCCC(=O)OCC(COC1OC(C(=O)O)C(O)C(O)C1OC(=O)CCCCCCCCCCCCCCCCC)OC(=O)CCCCCCCCCCCCC. The Hall–Kier alpha value is -2.54. The van der Waals surface area contributed by atoms with E-state index in [0.29, 0.717) is 19.3 Å². The number of carbonyl (C=O) groups excluding carboxylic acids is 3. The van der Waals surface area contributed by atoms with Crippen molar-refractivity contribution in [2.24, 2.45) is 0 Å². The van der Waals surface area contributed by atoms with Crippen LogP contribution in [-0.2, 0) is 42.9 Å². The summed E-state index contributed by atoms with van der Waals surface area (Å²) >= 11 is 0.